The molecule has 0 saturated carbocycles. The first-order chi connectivity index (χ1) is 11.5. The molecule has 0 bridgehead atoms. The van der Waals surface area contributed by atoms with E-state index in [2.05, 4.69) is 26.0 Å². The number of azide groups is 1. The van der Waals surface area contributed by atoms with Crippen LogP contribution in [0.3, 0.4) is 0 Å². The van der Waals surface area contributed by atoms with Gasteiger partial charge in [0.25, 0.3) is 5.56 Å². The van der Waals surface area contributed by atoms with Crippen molar-refractivity contribution < 1.29 is 9.84 Å². The molecule has 0 spiro atoms. The van der Waals surface area contributed by atoms with Crippen molar-refractivity contribution in [3.8, 4) is 0 Å². The van der Waals surface area contributed by atoms with E-state index in [9.17, 15) is 14.7 Å². The Hall–Kier alpha value is -1.61. The predicted molar refractivity (Wildman–Crippen MR) is 91.3 cm³/mol. The number of unbranched alkanes of at least 4 members (excludes halogenated alkanes) is 1. The van der Waals surface area contributed by atoms with E-state index in [1.807, 2.05) is 0 Å². The second-order valence-corrected chi connectivity index (χ2v) is 6.47. The first-order valence-corrected chi connectivity index (χ1v) is 8.84. The molecular formula is C14H20BrN5O4. The molecule has 2 rings (SSSR count). The van der Waals surface area contributed by atoms with Gasteiger partial charge < -0.3 is 9.84 Å². The predicted octanol–water partition coefficient (Wildman–Crippen LogP) is 1.45. The third-order valence-corrected chi connectivity index (χ3v) is 4.59. The van der Waals surface area contributed by atoms with Gasteiger partial charge in [0.05, 0.1) is 18.8 Å². The lowest BCUT2D eigenvalue weighted by molar-refractivity contribution is -0.0277. The zero-order valence-corrected chi connectivity index (χ0v) is 14.9. The molecule has 132 valence electrons. The maximum Gasteiger partial charge on any atom is 0.333 e. The fourth-order valence-electron chi connectivity index (χ4n) is 2.76. The van der Waals surface area contributed by atoms with Crippen molar-refractivity contribution in [3.63, 3.8) is 0 Å². The summed E-state index contributed by atoms with van der Waals surface area (Å²) in [5.41, 5.74) is 8.27. The summed E-state index contributed by atoms with van der Waals surface area (Å²) in [7, 11) is 0. The van der Waals surface area contributed by atoms with Gasteiger partial charge in [-0.2, -0.15) is 0 Å². The van der Waals surface area contributed by atoms with Gasteiger partial charge in [0, 0.05) is 35.0 Å². The van der Waals surface area contributed by atoms with Gasteiger partial charge in [0.15, 0.2) is 0 Å². The molecule has 9 nitrogen and oxygen atoms in total. The SMILES string of the molecule is Cc1cn([C@H]2C[C@H](N=[N+]=[N-])[C@@H](CO)O2)c(=O)n(CCCCBr)c1=O. The van der Waals surface area contributed by atoms with Crippen molar-refractivity contribution in [1.82, 2.24) is 9.13 Å². The van der Waals surface area contributed by atoms with E-state index >= 15 is 0 Å². The van der Waals surface area contributed by atoms with Crippen molar-refractivity contribution in [1.29, 1.82) is 0 Å². The number of rotatable bonds is 7. The van der Waals surface area contributed by atoms with E-state index in [0.717, 1.165) is 11.8 Å². The number of hydrogen-bond donors (Lipinski definition) is 1. The molecular weight excluding hydrogens is 382 g/mol. The highest BCUT2D eigenvalue weighted by atomic mass is 79.9. The minimum atomic E-state index is -0.674. The largest absolute Gasteiger partial charge is 0.394 e. The Bertz CT molecular complexity index is 740. The molecule has 1 fully saturated rings. The minimum absolute atomic E-state index is 0.272. The zero-order valence-electron chi connectivity index (χ0n) is 13.3. The summed E-state index contributed by atoms with van der Waals surface area (Å²) in [5.74, 6) is 0. The smallest absolute Gasteiger partial charge is 0.333 e. The highest BCUT2D eigenvalue weighted by molar-refractivity contribution is 9.09. The summed E-state index contributed by atoms with van der Waals surface area (Å²) >= 11 is 3.32. The number of hydrogen-bond acceptors (Lipinski definition) is 5. The van der Waals surface area contributed by atoms with Crippen molar-refractivity contribution in [2.75, 3.05) is 11.9 Å². The van der Waals surface area contributed by atoms with Gasteiger partial charge in [-0.05, 0) is 25.3 Å². The lowest BCUT2D eigenvalue weighted by Crippen LogP contribution is -2.42. The Kier molecular flexibility index (Phi) is 6.61. The van der Waals surface area contributed by atoms with Crippen LogP contribution >= 0.6 is 15.9 Å². The normalized spacial score (nSPS) is 23.2. The van der Waals surface area contributed by atoms with Gasteiger partial charge in [-0.15, -0.1) is 0 Å². The molecule has 0 amide bonds. The fourth-order valence-corrected chi connectivity index (χ4v) is 3.16. The van der Waals surface area contributed by atoms with E-state index in [1.165, 1.54) is 15.3 Å². The maximum atomic E-state index is 12.7. The van der Waals surface area contributed by atoms with Crippen molar-refractivity contribution in [2.24, 2.45) is 5.11 Å². The molecule has 1 aromatic rings. The van der Waals surface area contributed by atoms with Crippen LogP contribution in [0.2, 0.25) is 0 Å². The number of aryl methyl sites for hydroxylation is 1. The molecule has 1 aromatic heterocycles. The van der Waals surface area contributed by atoms with Gasteiger partial charge in [0.1, 0.15) is 6.23 Å². The van der Waals surface area contributed by atoms with Crippen LogP contribution in [-0.2, 0) is 11.3 Å². The van der Waals surface area contributed by atoms with Gasteiger partial charge >= 0.3 is 5.69 Å². The number of alkyl halides is 1. The highest BCUT2D eigenvalue weighted by Crippen LogP contribution is 2.29. The average molecular weight is 402 g/mol. The second kappa shape index (κ2) is 8.48. The molecule has 1 aliphatic rings. The molecule has 24 heavy (non-hydrogen) atoms. The van der Waals surface area contributed by atoms with E-state index in [0.29, 0.717) is 18.5 Å². The summed E-state index contributed by atoms with van der Waals surface area (Å²) in [4.78, 5) is 27.6. The molecule has 10 heteroatoms. The number of halogens is 1. The summed E-state index contributed by atoms with van der Waals surface area (Å²) in [6.07, 6.45) is 1.96. The number of aliphatic hydroxyl groups is 1. The third kappa shape index (κ3) is 3.89. The molecule has 1 N–H and O–H groups in total. The van der Waals surface area contributed by atoms with Crippen LogP contribution in [0.15, 0.2) is 20.9 Å². The van der Waals surface area contributed by atoms with Crippen LogP contribution < -0.4 is 11.2 Å². The first-order valence-electron chi connectivity index (χ1n) is 7.72. The number of nitrogens with zero attached hydrogens (tertiary/aromatic N) is 5. The van der Waals surface area contributed by atoms with E-state index in [4.69, 9.17) is 10.3 Å². The molecule has 0 aromatic carbocycles. The average Bonchev–Trinajstić information content (AvgIpc) is 2.97. The van der Waals surface area contributed by atoms with Crippen LogP contribution in [0.4, 0.5) is 0 Å². The molecule has 1 saturated heterocycles. The molecule has 0 aliphatic carbocycles. The summed E-state index contributed by atoms with van der Waals surface area (Å²) in [6.45, 7) is 1.67. The standard InChI is InChI=1S/C14H20BrN5O4/c1-9-7-20(12-6-10(17-18-16)11(8-21)24-12)14(23)19(13(9)22)5-3-2-4-15/h7,10-12,21H,2-6,8H2,1H3/t10-,11+,12+/m0/s1. The van der Waals surface area contributed by atoms with Gasteiger partial charge in [0.2, 0.25) is 0 Å². The summed E-state index contributed by atoms with van der Waals surface area (Å²) in [6, 6.07) is -0.550. The summed E-state index contributed by atoms with van der Waals surface area (Å²) in [5, 5.41) is 13.8. The van der Waals surface area contributed by atoms with Gasteiger partial charge in [-0.3, -0.25) is 13.9 Å². The lowest BCUT2D eigenvalue weighted by atomic mass is 10.1. The van der Waals surface area contributed by atoms with Crippen LogP contribution in [0.5, 0.6) is 0 Å². The third-order valence-electron chi connectivity index (χ3n) is 4.03. The summed E-state index contributed by atoms with van der Waals surface area (Å²) < 4.78 is 8.20. The first kappa shape index (κ1) is 18.7. The number of ether oxygens (including phenoxy) is 1. The molecule has 3 atom stereocenters. The van der Waals surface area contributed by atoms with Gasteiger partial charge in [-0.25, -0.2) is 4.79 Å². The van der Waals surface area contributed by atoms with Crippen LogP contribution in [-0.4, -0.2) is 38.3 Å². The van der Waals surface area contributed by atoms with Crippen molar-refractivity contribution >= 4 is 15.9 Å². The van der Waals surface area contributed by atoms with Crippen LogP contribution in [0.1, 0.15) is 31.1 Å². The van der Waals surface area contributed by atoms with Crippen molar-refractivity contribution in [2.45, 2.75) is 51.1 Å². The quantitative estimate of drug-likeness (QED) is 0.244. The van der Waals surface area contributed by atoms with Crippen molar-refractivity contribution in [3.05, 3.63) is 43.0 Å². The second-order valence-electron chi connectivity index (χ2n) is 5.67. The van der Waals surface area contributed by atoms with E-state index < -0.39 is 24.1 Å². The fraction of sp³-hybridized carbons (Fsp3) is 0.714. The Morgan fingerprint density at radius 3 is 2.88 bits per heavy atom. The minimum Gasteiger partial charge on any atom is -0.394 e. The number of aromatic nitrogens is 2. The molecule has 2 heterocycles. The Morgan fingerprint density at radius 2 is 2.25 bits per heavy atom. The monoisotopic (exact) mass is 401 g/mol. The Balaban J connectivity index is 2.36. The Morgan fingerprint density at radius 1 is 1.50 bits per heavy atom. The Labute approximate surface area is 146 Å². The van der Waals surface area contributed by atoms with Crippen LogP contribution in [0.25, 0.3) is 10.4 Å². The number of aliphatic hydroxyl groups excluding tert-OH is 1. The van der Waals surface area contributed by atoms with Crippen LogP contribution in [0, 0.1) is 6.92 Å². The zero-order chi connectivity index (χ0) is 17.7. The molecule has 0 unspecified atom stereocenters. The maximum absolute atomic E-state index is 12.7. The molecule has 1 aliphatic heterocycles. The van der Waals surface area contributed by atoms with Gasteiger partial charge in [-0.1, -0.05) is 21.0 Å². The topological polar surface area (TPSA) is 122 Å². The lowest BCUT2D eigenvalue weighted by Gasteiger charge is -2.17. The highest BCUT2D eigenvalue weighted by Gasteiger charge is 2.36. The molecule has 0 radical (unpaired) electrons. The van der Waals surface area contributed by atoms with E-state index in [1.54, 1.807) is 6.92 Å². The van der Waals surface area contributed by atoms with E-state index in [-0.39, 0.29) is 18.6 Å².